The highest BCUT2D eigenvalue weighted by atomic mass is 16.5. The van der Waals surface area contributed by atoms with E-state index >= 15 is 0 Å². The first-order chi connectivity index (χ1) is 7.01. The first-order valence-electron chi connectivity index (χ1n) is 5.85. The van der Waals surface area contributed by atoms with Gasteiger partial charge in [0.1, 0.15) is 6.61 Å². The van der Waals surface area contributed by atoms with E-state index in [0.717, 1.165) is 11.8 Å². The lowest BCUT2D eigenvalue weighted by molar-refractivity contribution is -0.139. The smallest absolute Gasteiger partial charge is 0.302 e. The van der Waals surface area contributed by atoms with Crippen LogP contribution in [0.15, 0.2) is 11.6 Å². The molecule has 2 heteroatoms. The molecule has 2 fully saturated rings. The predicted molar refractivity (Wildman–Crippen MR) is 59.3 cm³/mol. The van der Waals surface area contributed by atoms with Crippen molar-refractivity contribution in [2.45, 2.75) is 40.0 Å². The number of hydrogen-bond acceptors (Lipinski definition) is 2. The number of hydrogen-bond donors (Lipinski definition) is 0. The zero-order chi connectivity index (χ0) is 11.1. The fraction of sp³-hybridized carbons (Fsp3) is 0.769. The first kappa shape index (κ1) is 10.7. The van der Waals surface area contributed by atoms with Crippen LogP contribution in [-0.2, 0) is 9.53 Å². The molecule has 0 saturated heterocycles. The molecule has 2 nitrogen and oxygen atoms in total. The second kappa shape index (κ2) is 3.66. The molecule has 2 atom stereocenters. The number of fused-ring (bicyclic) bond motifs is 2. The average molecular weight is 208 g/mol. The van der Waals surface area contributed by atoms with E-state index in [1.54, 1.807) is 0 Å². The molecular formula is C13H20O2. The van der Waals surface area contributed by atoms with Crippen molar-refractivity contribution in [1.29, 1.82) is 0 Å². The molecule has 2 bridgehead atoms. The second-order valence-electron chi connectivity index (χ2n) is 5.39. The summed E-state index contributed by atoms with van der Waals surface area (Å²) in [4.78, 5) is 10.7. The molecule has 0 radical (unpaired) electrons. The van der Waals surface area contributed by atoms with Crippen LogP contribution < -0.4 is 0 Å². The minimum Gasteiger partial charge on any atom is -0.462 e. The quantitative estimate of drug-likeness (QED) is 0.515. The van der Waals surface area contributed by atoms with Gasteiger partial charge in [-0.15, -0.1) is 0 Å². The Labute approximate surface area is 91.7 Å². The van der Waals surface area contributed by atoms with E-state index in [0.29, 0.717) is 12.0 Å². The number of ether oxygens (including phenoxy) is 1. The van der Waals surface area contributed by atoms with Crippen LogP contribution in [-0.4, -0.2) is 12.6 Å². The summed E-state index contributed by atoms with van der Waals surface area (Å²) in [6.45, 7) is 6.58. The van der Waals surface area contributed by atoms with E-state index in [2.05, 4.69) is 19.9 Å². The molecule has 15 heavy (non-hydrogen) atoms. The highest BCUT2D eigenvalue weighted by molar-refractivity contribution is 5.66. The van der Waals surface area contributed by atoms with E-state index in [1.165, 1.54) is 31.8 Å². The van der Waals surface area contributed by atoms with Crippen LogP contribution in [0.1, 0.15) is 40.0 Å². The topological polar surface area (TPSA) is 26.3 Å². The van der Waals surface area contributed by atoms with Crippen LogP contribution in [0.2, 0.25) is 0 Å². The largest absolute Gasteiger partial charge is 0.462 e. The summed E-state index contributed by atoms with van der Waals surface area (Å²) in [7, 11) is 0. The summed E-state index contributed by atoms with van der Waals surface area (Å²) in [6, 6.07) is 0. The zero-order valence-electron chi connectivity index (χ0n) is 9.88. The Morgan fingerprint density at radius 2 is 2.27 bits per heavy atom. The third-order valence-electron chi connectivity index (χ3n) is 4.23. The van der Waals surface area contributed by atoms with Crippen molar-refractivity contribution in [3.63, 3.8) is 0 Å². The number of carbonyl (C=O) groups excluding carboxylic acids is 1. The molecule has 0 aromatic carbocycles. The van der Waals surface area contributed by atoms with Crippen LogP contribution in [0, 0.1) is 17.3 Å². The van der Waals surface area contributed by atoms with E-state index in [-0.39, 0.29) is 5.97 Å². The van der Waals surface area contributed by atoms with Gasteiger partial charge in [0.05, 0.1) is 0 Å². The number of rotatable bonds is 2. The monoisotopic (exact) mass is 208 g/mol. The molecule has 2 aliphatic rings. The van der Waals surface area contributed by atoms with E-state index in [4.69, 9.17) is 4.74 Å². The second-order valence-corrected chi connectivity index (χ2v) is 5.39. The van der Waals surface area contributed by atoms with E-state index in [9.17, 15) is 4.79 Å². The number of carbonyl (C=O) groups is 1. The van der Waals surface area contributed by atoms with Crippen molar-refractivity contribution in [1.82, 2.24) is 0 Å². The van der Waals surface area contributed by atoms with Gasteiger partial charge < -0.3 is 4.74 Å². The van der Waals surface area contributed by atoms with Crippen molar-refractivity contribution < 1.29 is 9.53 Å². The number of esters is 1. The summed E-state index contributed by atoms with van der Waals surface area (Å²) in [5.74, 6) is 1.43. The third-order valence-corrected chi connectivity index (χ3v) is 4.23. The Hall–Kier alpha value is -0.790. The Morgan fingerprint density at radius 3 is 2.80 bits per heavy atom. The Kier molecular flexibility index (Phi) is 2.61. The lowest BCUT2D eigenvalue weighted by Crippen LogP contribution is -2.23. The summed E-state index contributed by atoms with van der Waals surface area (Å²) in [5.41, 5.74) is 1.86. The van der Waals surface area contributed by atoms with Crippen molar-refractivity contribution in [2.75, 3.05) is 6.61 Å². The van der Waals surface area contributed by atoms with Crippen LogP contribution in [0.4, 0.5) is 0 Å². The fourth-order valence-electron chi connectivity index (χ4n) is 3.36. The van der Waals surface area contributed by atoms with Gasteiger partial charge in [-0.2, -0.15) is 0 Å². The van der Waals surface area contributed by atoms with E-state index in [1.807, 2.05) is 0 Å². The van der Waals surface area contributed by atoms with Crippen molar-refractivity contribution in [2.24, 2.45) is 17.3 Å². The van der Waals surface area contributed by atoms with Crippen LogP contribution in [0.3, 0.4) is 0 Å². The number of allylic oxidation sites excluding steroid dienone is 1. The van der Waals surface area contributed by atoms with Crippen LogP contribution in [0.5, 0.6) is 0 Å². The zero-order valence-corrected chi connectivity index (χ0v) is 9.88. The maximum Gasteiger partial charge on any atom is 0.302 e. The van der Waals surface area contributed by atoms with Gasteiger partial charge in [-0.1, -0.05) is 19.4 Å². The molecule has 2 rings (SSSR count). The molecule has 2 aliphatic carbocycles. The van der Waals surface area contributed by atoms with Gasteiger partial charge in [-0.05, 0) is 42.6 Å². The van der Waals surface area contributed by atoms with E-state index < -0.39 is 0 Å². The van der Waals surface area contributed by atoms with Gasteiger partial charge in [0.2, 0.25) is 0 Å². The summed E-state index contributed by atoms with van der Waals surface area (Å²) >= 11 is 0. The van der Waals surface area contributed by atoms with Crippen molar-refractivity contribution >= 4 is 5.97 Å². The van der Waals surface area contributed by atoms with Gasteiger partial charge >= 0.3 is 5.97 Å². The molecule has 2 unspecified atom stereocenters. The Morgan fingerprint density at radius 1 is 1.53 bits per heavy atom. The third kappa shape index (κ3) is 1.82. The summed E-state index contributed by atoms with van der Waals surface area (Å²) in [5, 5.41) is 0. The fourth-order valence-corrected chi connectivity index (χ4v) is 3.36. The van der Waals surface area contributed by atoms with Crippen molar-refractivity contribution in [3.05, 3.63) is 11.6 Å². The molecule has 84 valence electrons. The maximum atomic E-state index is 10.7. The average Bonchev–Trinajstić information content (AvgIpc) is 2.66. The molecule has 2 saturated carbocycles. The highest BCUT2D eigenvalue weighted by Crippen LogP contribution is 2.58. The minimum absolute atomic E-state index is 0.187. The van der Waals surface area contributed by atoms with Crippen LogP contribution in [0.25, 0.3) is 0 Å². The van der Waals surface area contributed by atoms with Crippen molar-refractivity contribution in [3.8, 4) is 0 Å². The lowest BCUT2D eigenvalue weighted by atomic mass is 9.73. The minimum atomic E-state index is -0.187. The molecule has 0 N–H and O–H groups in total. The molecular weight excluding hydrogens is 188 g/mol. The molecule has 0 aromatic heterocycles. The SMILES string of the molecule is CC(=O)OC/C=C1\C2CCC(C2)C1(C)C. The lowest BCUT2D eigenvalue weighted by Gasteiger charge is -2.32. The Bertz CT molecular complexity index is 302. The highest BCUT2D eigenvalue weighted by Gasteiger charge is 2.48. The van der Waals surface area contributed by atoms with Crippen LogP contribution >= 0.6 is 0 Å². The molecule has 0 amide bonds. The summed E-state index contributed by atoms with van der Waals surface area (Å²) in [6.07, 6.45) is 6.20. The van der Waals surface area contributed by atoms with Gasteiger partial charge in [0, 0.05) is 6.92 Å². The van der Waals surface area contributed by atoms with Gasteiger partial charge in [0.15, 0.2) is 0 Å². The summed E-state index contributed by atoms with van der Waals surface area (Å²) < 4.78 is 4.99. The molecule has 0 spiro atoms. The standard InChI is InChI=1S/C13H20O2/c1-9(14)15-7-6-12-10-4-5-11(8-10)13(12,2)3/h6,10-11H,4-5,7-8H2,1-3H3/b12-6+. The molecule has 0 aliphatic heterocycles. The van der Waals surface area contributed by atoms with Gasteiger partial charge in [0.25, 0.3) is 0 Å². The molecule has 0 aromatic rings. The first-order valence-corrected chi connectivity index (χ1v) is 5.85. The van der Waals surface area contributed by atoms with Gasteiger partial charge in [-0.3, -0.25) is 4.79 Å². The normalized spacial score (nSPS) is 34.7. The maximum absolute atomic E-state index is 10.7. The molecule has 0 heterocycles. The predicted octanol–water partition coefficient (Wildman–Crippen LogP) is 2.93. The Balaban J connectivity index is 2.05. The van der Waals surface area contributed by atoms with Gasteiger partial charge in [-0.25, -0.2) is 0 Å².